The molecule has 0 aromatic heterocycles. The van der Waals surface area contributed by atoms with Crippen molar-refractivity contribution in [1.29, 1.82) is 0 Å². The number of urea groups is 1. The zero-order valence-corrected chi connectivity index (χ0v) is 15.1. The molecule has 3 rings (SSSR count). The van der Waals surface area contributed by atoms with Gasteiger partial charge in [-0.25, -0.2) is 4.79 Å². The highest BCUT2D eigenvalue weighted by atomic mass is 35.5. The Bertz CT molecular complexity index is 895. The lowest BCUT2D eigenvalue weighted by Gasteiger charge is -2.29. The third kappa shape index (κ3) is 3.65. The van der Waals surface area contributed by atoms with Crippen LogP contribution in [0.5, 0.6) is 5.75 Å². The largest absolute Gasteiger partial charge is 0.495 e. The SMILES string of the molecule is COc1ccccc1NC(=O)C1=C(C)NC(=O)N[C@H]1c1cccc(Cl)c1. The zero-order chi connectivity index (χ0) is 18.7. The smallest absolute Gasteiger partial charge is 0.319 e. The molecule has 0 saturated carbocycles. The maximum atomic E-state index is 13.0. The fourth-order valence-corrected chi connectivity index (χ4v) is 3.07. The number of allylic oxidation sites excluding steroid dienone is 1. The van der Waals surface area contributed by atoms with E-state index in [9.17, 15) is 9.59 Å². The van der Waals surface area contributed by atoms with E-state index in [1.54, 1.807) is 43.3 Å². The topological polar surface area (TPSA) is 79.5 Å². The van der Waals surface area contributed by atoms with E-state index in [1.165, 1.54) is 7.11 Å². The average molecular weight is 372 g/mol. The van der Waals surface area contributed by atoms with Crippen molar-refractivity contribution in [2.45, 2.75) is 13.0 Å². The Morgan fingerprint density at radius 1 is 1.19 bits per heavy atom. The molecule has 0 aliphatic carbocycles. The number of rotatable bonds is 4. The third-order valence-electron chi connectivity index (χ3n) is 4.05. The number of carbonyl (C=O) groups is 2. The van der Waals surface area contributed by atoms with E-state index in [-0.39, 0.29) is 11.9 Å². The average Bonchev–Trinajstić information content (AvgIpc) is 2.61. The number of nitrogens with one attached hydrogen (secondary N) is 3. The minimum atomic E-state index is -0.614. The van der Waals surface area contributed by atoms with Crippen LogP contribution in [0.15, 0.2) is 59.8 Å². The van der Waals surface area contributed by atoms with Crippen molar-refractivity contribution in [2.24, 2.45) is 0 Å². The van der Waals surface area contributed by atoms with Gasteiger partial charge in [-0.05, 0) is 36.8 Å². The minimum Gasteiger partial charge on any atom is -0.495 e. The number of carbonyl (C=O) groups excluding carboxylic acids is 2. The monoisotopic (exact) mass is 371 g/mol. The summed E-state index contributed by atoms with van der Waals surface area (Å²) >= 11 is 6.07. The van der Waals surface area contributed by atoms with Crippen molar-refractivity contribution in [3.8, 4) is 5.75 Å². The highest BCUT2D eigenvalue weighted by Crippen LogP contribution is 2.30. The van der Waals surface area contributed by atoms with Crippen LogP contribution in [-0.4, -0.2) is 19.0 Å². The van der Waals surface area contributed by atoms with Gasteiger partial charge < -0.3 is 20.7 Å². The summed E-state index contributed by atoms with van der Waals surface area (Å²) in [6.45, 7) is 1.69. The standard InChI is InChI=1S/C19H18ClN3O3/c1-11-16(18(24)22-14-8-3-4-9-15(14)26-2)17(23-19(25)21-11)12-6-5-7-13(20)10-12/h3-10,17H,1-2H3,(H,22,24)(H2,21,23,25)/t17-/m0/s1. The fraction of sp³-hybridized carbons (Fsp3) is 0.158. The summed E-state index contributed by atoms with van der Waals surface area (Å²) in [7, 11) is 1.53. The number of hydrogen-bond donors (Lipinski definition) is 3. The second kappa shape index (κ2) is 7.49. The second-order valence-corrected chi connectivity index (χ2v) is 6.22. The van der Waals surface area contributed by atoms with Crippen LogP contribution in [0.3, 0.4) is 0 Å². The number of halogens is 1. The number of hydrogen-bond acceptors (Lipinski definition) is 3. The molecule has 3 amide bonds. The van der Waals surface area contributed by atoms with Crippen molar-refractivity contribution in [3.05, 3.63) is 70.4 Å². The maximum absolute atomic E-state index is 13.0. The molecule has 1 heterocycles. The van der Waals surface area contributed by atoms with Gasteiger partial charge in [-0.3, -0.25) is 4.79 Å². The number of ether oxygens (including phenoxy) is 1. The van der Waals surface area contributed by atoms with Gasteiger partial charge in [-0.15, -0.1) is 0 Å². The predicted molar refractivity (Wildman–Crippen MR) is 100 cm³/mol. The van der Waals surface area contributed by atoms with Crippen LogP contribution >= 0.6 is 11.6 Å². The Balaban J connectivity index is 1.97. The number of methoxy groups -OCH3 is 1. The molecule has 1 aliphatic rings. The summed E-state index contributed by atoms with van der Waals surface area (Å²) in [6.07, 6.45) is 0. The summed E-state index contributed by atoms with van der Waals surface area (Å²) in [5.74, 6) is 0.204. The van der Waals surface area contributed by atoms with Crippen LogP contribution in [0.1, 0.15) is 18.5 Å². The lowest BCUT2D eigenvalue weighted by Crippen LogP contribution is -2.46. The molecule has 1 aliphatic heterocycles. The molecule has 0 fully saturated rings. The van der Waals surface area contributed by atoms with Crippen molar-refractivity contribution in [1.82, 2.24) is 10.6 Å². The van der Waals surface area contributed by atoms with Crippen molar-refractivity contribution >= 4 is 29.2 Å². The number of amides is 3. The first kappa shape index (κ1) is 17.8. The maximum Gasteiger partial charge on any atom is 0.319 e. The quantitative estimate of drug-likeness (QED) is 0.768. The van der Waals surface area contributed by atoms with Crippen LogP contribution in [0.2, 0.25) is 5.02 Å². The van der Waals surface area contributed by atoms with E-state index >= 15 is 0 Å². The number of anilines is 1. The first-order valence-electron chi connectivity index (χ1n) is 7.97. The Morgan fingerprint density at radius 3 is 2.69 bits per heavy atom. The van der Waals surface area contributed by atoms with Gasteiger partial charge in [-0.1, -0.05) is 35.9 Å². The highest BCUT2D eigenvalue weighted by molar-refractivity contribution is 6.30. The number of para-hydroxylation sites is 2. The molecule has 6 nitrogen and oxygen atoms in total. The van der Waals surface area contributed by atoms with Gasteiger partial charge in [0.15, 0.2) is 0 Å². The van der Waals surface area contributed by atoms with E-state index < -0.39 is 6.04 Å². The van der Waals surface area contributed by atoms with E-state index in [0.29, 0.717) is 27.7 Å². The van der Waals surface area contributed by atoms with Crippen LogP contribution in [0, 0.1) is 0 Å². The second-order valence-electron chi connectivity index (χ2n) is 5.78. The molecular weight excluding hydrogens is 354 g/mol. The van der Waals surface area contributed by atoms with Crippen LogP contribution < -0.4 is 20.7 Å². The third-order valence-corrected chi connectivity index (χ3v) is 4.29. The van der Waals surface area contributed by atoms with Gasteiger partial charge in [0.25, 0.3) is 5.91 Å². The molecule has 0 saturated heterocycles. The van der Waals surface area contributed by atoms with Crippen LogP contribution in [0.25, 0.3) is 0 Å². The Labute approximate surface area is 156 Å². The van der Waals surface area contributed by atoms with Gasteiger partial charge in [-0.2, -0.15) is 0 Å². The first-order valence-corrected chi connectivity index (χ1v) is 8.35. The van der Waals surface area contributed by atoms with Gasteiger partial charge in [0.05, 0.1) is 24.4 Å². The Hall–Kier alpha value is -2.99. The zero-order valence-electron chi connectivity index (χ0n) is 14.3. The summed E-state index contributed by atoms with van der Waals surface area (Å²) in [4.78, 5) is 24.9. The van der Waals surface area contributed by atoms with E-state index in [2.05, 4.69) is 16.0 Å². The predicted octanol–water partition coefficient (Wildman–Crippen LogP) is 3.62. The first-order chi connectivity index (χ1) is 12.5. The molecular formula is C19H18ClN3O3. The van der Waals surface area contributed by atoms with E-state index in [1.807, 2.05) is 12.1 Å². The lowest BCUT2D eigenvalue weighted by atomic mass is 9.95. The van der Waals surface area contributed by atoms with Crippen molar-refractivity contribution in [3.63, 3.8) is 0 Å². The van der Waals surface area contributed by atoms with Crippen LogP contribution in [0.4, 0.5) is 10.5 Å². The summed E-state index contributed by atoms with van der Waals surface area (Å²) in [6, 6.07) is 13.2. The Kier molecular flexibility index (Phi) is 5.14. The van der Waals surface area contributed by atoms with Gasteiger partial charge >= 0.3 is 6.03 Å². The molecule has 0 radical (unpaired) electrons. The fourth-order valence-electron chi connectivity index (χ4n) is 2.87. The van der Waals surface area contributed by atoms with Gasteiger partial charge in [0, 0.05) is 10.7 Å². The summed E-state index contributed by atoms with van der Waals surface area (Å²) in [5, 5.41) is 8.79. The van der Waals surface area contributed by atoms with Crippen molar-refractivity contribution in [2.75, 3.05) is 12.4 Å². The van der Waals surface area contributed by atoms with Gasteiger partial charge in [0.1, 0.15) is 5.75 Å². The minimum absolute atomic E-state index is 0.343. The normalized spacial score (nSPS) is 16.6. The van der Waals surface area contributed by atoms with Crippen LogP contribution in [-0.2, 0) is 4.79 Å². The van der Waals surface area contributed by atoms with Gasteiger partial charge in [0.2, 0.25) is 0 Å². The van der Waals surface area contributed by atoms with E-state index in [4.69, 9.17) is 16.3 Å². The molecule has 134 valence electrons. The van der Waals surface area contributed by atoms with Crippen molar-refractivity contribution < 1.29 is 14.3 Å². The molecule has 0 spiro atoms. The van der Waals surface area contributed by atoms with E-state index in [0.717, 1.165) is 5.56 Å². The molecule has 26 heavy (non-hydrogen) atoms. The summed E-state index contributed by atoms with van der Waals surface area (Å²) < 4.78 is 5.27. The Morgan fingerprint density at radius 2 is 1.96 bits per heavy atom. The summed E-state index contributed by atoms with van der Waals surface area (Å²) in [5.41, 5.74) is 2.14. The molecule has 0 bridgehead atoms. The molecule has 2 aromatic carbocycles. The molecule has 7 heteroatoms. The molecule has 2 aromatic rings. The number of benzene rings is 2. The molecule has 3 N–H and O–H groups in total. The molecule has 0 unspecified atom stereocenters. The highest BCUT2D eigenvalue weighted by Gasteiger charge is 2.31. The molecule has 1 atom stereocenters. The lowest BCUT2D eigenvalue weighted by molar-refractivity contribution is -0.113.